The Labute approximate surface area is 147 Å². The van der Waals surface area contributed by atoms with Gasteiger partial charge < -0.3 is 9.64 Å². The van der Waals surface area contributed by atoms with Crippen LogP contribution in [0.5, 0.6) is 0 Å². The second-order valence-electron chi connectivity index (χ2n) is 6.66. The average Bonchev–Trinajstić information content (AvgIpc) is 3.24. The lowest BCUT2D eigenvalue weighted by molar-refractivity contribution is 0.157. The first kappa shape index (κ1) is 17.5. The van der Waals surface area contributed by atoms with E-state index in [0.717, 1.165) is 24.9 Å². The zero-order valence-electron chi connectivity index (χ0n) is 15.1. The Morgan fingerprint density at radius 3 is 3.08 bits per heavy atom. The molecule has 25 heavy (non-hydrogen) atoms. The van der Waals surface area contributed by atoms with Gasteiger partial charge in [-0.2, -0.15) is 10.2 Å². The molecule has 1 aliphatic rings. The lowest BCUT2D eigenvalue weighted by Gasteiger charge is -2.32. The Balaban J connectivity index is 1.59. The number of hydrogen-bond acceptors (Lipinski definition) is 4. The molecule has 0 saturated carbocycles. The Morgan fingerprint density at radius 1 is 1.52 bits per heavy atom. The molecule has 0 aliphatic carbocycles. The number of methoxy groups -OCH3 is 1. The number of rotatable bonds is 5. The Morgan fingerprint density at radius 2 is 2.36 bits per heavy atom. The van der Waals surface area contributed by atoms with Crippen LogP contribution >= 0.6 is 0 Å². The van der Waals surface area contributed by atoms with Crippen molar-refractivity contribution in [2.45, 2.75) is 38.8 Å². The van der Waals surface area contributed by atoms with Gasteiger partial charge in [0.2, 0.25) is 0 Å². The fraction of sp³-hybridized carbons (Fsp3) is 0.588. The third kappa shape index (κ3) is 4.19. The molecule has 0 spiro atoms. The van der Waals surface area contributed by atoms with Gasteiger partial charge in [-0.05, 0) is 32.3 Å². The van der Waals surface area contributed by atoms with Crippen LogP contribution in [0.25, 0.3) is 0 Å². The number of anilines is 1. The van der Waals surface area contributed by atoms with Crippen molar-refractivity contribution in [1.82, 2.24) is 24.5 Å². The third-order valence-electron chi connectivity index (χ3n) is 4.49. The number of ether oxygens (including phenoxy) is 1. The lowest BCUT2D eigenvalue weighted by Crippen LogP contribution is -2.43. The van der Waals surface area contributed by atoms with Crippen molar-refractivity contribution < 1.29 is 9.53 Å². The molecule has 8 nitrogen and oxygen atoms in total. The molecule has 0 aromatic carbocycles. The van der Waals surface area contributed by atoms with Gasteiger partial charge in [-0.3, -0.25) is 14.7 Å². The number of nitrogens with zero attached hydrogens (tertiary/aromatic N) is 5. The topological polar surface area (TPSA) is 77.2 Å². The zero-order chi connectivity index (χ0) is 17.8. The maximum atomic E-state index is 12.6. The Bertz CT molecular complexity index is 710. The summed E-state index contributed by atoms with van der Waals surface area (Å²) in [6.07, 6.45) is 7.74. The van der Waals surface area contributed by atoms with Crippen molar-refractivity contribution in [2.24, 2.45) is 0 Å². The number of likely N-dealkylation sites (tertiary alicyclic amines) is 1. The van der Waals surface area contributed by atoms with Crippen LogP contribution in [0.2, 0.25) is 0 Å². The highest BCUT2D eigenvalue weighted by Crippen LogP contribution is 2.22. The molecule has 2 aromatic rings. The molecule has 1 N–H and O–H groups in total. The number of piperidine rings is 1. The van der Waals surface area contributed by atoms with E-state index < -0.39 is 0 Å². The minimum atomic E-state index is -0.113. The SMILES string of the molecule is COC[C@@H](C)n1ccc(NC(=O)N2CCC[C@@H](n3cc(C)cn3)C2)n1. The molecule has 3 rings (SSSR count). The van der Waals surface area contributed by atoms with Crippen molar-refractivity contribution in [2.75, 3.05) is 32.1 Å². The van der Waals surface area contributed by atoms with E-state index in [1.807, 2.05) is 48.1 Å². The van der Waals surface area contributed by atoms with Gasteiger partial charge in [0.25, 0.3) is 0 Å². The third-order valence-corrected chi connectivity index (χ3v) is 4.49. The van der Waals surface area contributed by atoms with E-state index in [4.69, 9.17) is 4.74 Å². The van der Waals surface area contributed by atoms with E-state index in [1.165, 1.54) is 0 Å². The van der Waals surface area contributed by atoms with Crippen LogP contribution in [-0.4, -0.2) is 57.3 Å². The molecule has 3 heterocycles. The van der Waals surface area contributed by atoms with Gasteiger partial charge in [-0.25, -0.2) is 4.79 Å². The fourth-order valence-corrected chi connectivity index (χ4v) is 3.14. The van der Waals surface area contributed by atoms with Gasteiger partial charge in [-0.15, -0.1) is 0 Å². The summed E-state index contributed by atoms with van der Waals surface area (Å²) < 4.78 is 8.90. The van der Waals surface area contributed by atoms with Gasteiger partial charge in [0.1, 0.15) is 0 Å². The van der Waals surface area contributed by atoms with Crippen molar-refractivity contribution in [1.29, 1.82) is 0 Å². The van der Waals surface area contributed by atoms with Gasteiger partial charge in [0.15, 0.2) is 5.82 Å². The first-order valence-corrected chi connectivity index (χ1v) is 8.67. The van der Waals surface area contributed by atoms with E-state index in [1.54, 1.807) is 11.8 Å². The summed E-state index contributed by atoms with van der Waals surface area (Å²) >= 11 is 0. The molecule has 0 radical (unpaired) electrons. The summed E-state index contributed by atoms with van der Waals surface area (Å²) in [5.41, 5.74) is 1.14. The molecule has 2 aromatic heterocycles. The second-order valence-corrected chi connectivity index (χ2v) is 6.66. The summed E-state index contributed by atoms with van der Waals surface area (Å²) in [6.45, 7) is 6.03. The van der Waals surface area contributed by atoms with Gasteiger partial charge in [-0.1, -0.05) is 0 Å². The van der Waals surface area contributed by atoms with Crippen molar-refractivity contribution in [3.63, 3.8) is 0 Å². The summed E-state index contributed by atoms with van der Waals surface area (Å²) in [5.74, 6) is 0.560. The molecule has 136 valence electrons. The maximum absolute atomic E-state index is 12.6. The second kappa shape index (κ2) is 7.69. The van der Waals surface area contributed by atoms with Crippen LogP contribution in [0.3, 0.4) is 0 Å². The summed E-state index contributed by atoms with van der Waals surface area (Å²) in [5, 5.41) is 11.7. The molecule has 2 atom stereocenters. The minimum Gasteiger partial charge on any atom is -0.382 e. The summed E-state index contributed by atoms with van der Waals surface area (Å²) in [6, 6.07) is 2.05. The number of hydrogen-bond donors (Lipinski definition) is 1. The van der Waals surface area contributed by atoms with Crippen LogP contribution < -0.4 is 5.32 Å². The number of aromatic nitrogens is 4. The van der Waals surface area contributed by atoms with E-state index in [0.29, 0.717) is 19.0 Å². The fourth-order valence-electron chi connectivity index (χ4n) is 3.14. The molecule has 8 heteroatoms. The molecule has 2 amide bonds. The van der Waals surface area contributed by atoms with Gasteiger partial charge in [0.05, 0.1) is 24.9 Å². The Hall–Kier alpha value is -2.35. The van der Waals surface area contributed by atoms with Crippen molar-refractivity contribution in [3.8, 4) is 0 Å². The highest BCUT2D eigenvalue weighted by atomic mass is 16.5. The highest BCUT2D eigenvalue weighted by Gasteiger charge is 2.25. The number of carbonyl (C=O) groups excluding carboxylic acids is 1. The van der Waals surface area contributed by atoms with Crippen LogP contribution in [0.1, 0.15) is 37.4 Å². The number of amides is 2. The van der Waals surface area contributed by atoms with Gasteiger partial charge >= 0.3 is 6.03 Å². The number of urea groups is 1. The monoisotopic (exact) mass is 346 g/mol. The van der Waals surface area contributed by atoms with E-state index in [9.17, 15) is 4.79 Å². The van der Waals surface area contributed by atoms with Crippen molar-refractivity contribution in [3.05, 3.63) is 30.2 Å². The highest BCUT2D eigenvalue weighted by molar-refractivity contribution is 5.88. The zero-order valence-corrected chi connectivity index (χ0v) is 15.1. The molecule has 1 fully saturated rings. The average molecular weight is 346 g/mol. The standard InChI is InChI=1S/C17H26N6O2/c1-13-9-18-23(10-13)15-5-4-7-21(11-15)17(24)19-16-6-8-22(20-16)14(2)12-25-3/h6,8-10,14-15H,4-5,7,11-12H2,1-3H3,(H,19,20,24)/t14-,15-/m1/s1. The number of aryl methyl sites for hydroxylation is 1. The predicted molar refractivity (Wildman–Crippen MR) is 94.6 cm³/mol. The molecular weight excluding hydrogens is 320 g/mol. The summed E-state index contributed by atoms with van der Waals surface area (Å²) in [7, 11) is 1.66. The Kier molecular flexibility index (Phi) is 5.37. The van der Waals surface area contributed by atoms with Gasteiger partial charge in [0, 0.05) is 38.7 Å². The quantitative estimate of drug-likeness (QED) is 0.902. The largest absolute Gasteiger partial charge is 0.382 e. The number of carbonyl (C=O) groups is 1. The minimum absolute atomic E-state index is 0.113. The van der Waals surface area contributed by atoms with E-state index in [-0.39, 0.29) is 18.1 Å². The van der Waals surface area contributed by atoms with Crippen LogP contribution in [0.15, 0.2) is 24.7 Å². The summed E-state index contributed by atoms with van der Waals surface area (Å²) in [4.78, 5) is 14.4. The van der Waals surface area contributed by atoms with Crippen LogP contribution in [0.4, 0.5) is 10.6 Å². The molecule has 1 saturated heterocycles. The van der Waals surface area contributed by atoms with E-state index in [2.05, 4.69) is 15.5 Å². The predicted octanol–water partition coefficient (Wildman–Crippen LogP) is 2.46. The van der Waals surface area contributed by atoms with Crippen LogP contribution in [-0.2, 0) is 4.74 Å². The normalized spacial score (nSPS) is 19.0. The van der Waals surface area contributed by atoms with Crippen molar-refractivity contribution >= 4 is 11.8 Å². The molecule has 0 unspecified atom stereocenters. The molecular formula is C17H26N6O2. The molecule has 1 aliphatic heterocycles. The smallest absolute Gasteiger partial charge is 0.323 e. The lowest BCUT2D eigenvalue weighted by atomic mass is 10.1. The maximum Gasteiger partial charge on any atom is 0.323 e. The van der Waals surface area contributed by atoms with E-state index >= 15 is 0 Å². The first-order valence-electron chi connectivity index (χ1n) is 8.67. The number of nitrogens with one attached hydrogen (secondary N) is 1. The molecule has 0 bridgehead atoms. The first-order chi connectivity index (χ1) is 12.1. The van der Waals surface area contributed by atoms with Crippen LogP contribution in [0, 0.1) is 6.92 Å².